The van der Waals surface area contributed by atoms with Gasteiger partial charge < -0.3 is 14.9 Å². The van der Waals surface area contributed by atoms with Crippen LogP contribution in [0.15, 0.2) is 23.0 Å². The molecule has 2 N–H and O–H groups in total. The van der Waals surface area contributed by atoms with Crippen molar-refractivity contribution in [3.8, 4) is 0 Å². The van der Waals surface area contributed by atoms with Gasteiger partial charge in [0.2, 0.25) is 0 Å². The zero-order valence-electron chi connectivity index (χ0n) is 9.25. The van der Waals surface area contributed by atoms with Gasteiger partial charge in [-0.05, 0) is 0 Å². The third-order valence-electron chi connectivity index (χ3n) is 2.16. The molecule has 0 radical (unpaired) electrons. The summed E-state index contributed by atoms with van der Waals surface area (Å²) in [7, 11) is 1.85. The largest absolute Gasteiger partial charge is 0.476 e. The van der Waals surface area contributed by atoms with E-state index in [-0.39, 0.29) is 5.69 Å². The van der Waals surface area contributed by atoms with Crippen molar-refractivity contribution in [1.82, 2.24) is 20.3 Å². The number of aryl methyl sites for hydroxylation is 1. The zero-order chi connectivity index (χ0) is 12.3. The molecule has 0 bridgehead atoms. The maximum absolute atomic E-state index is 10.6. The first kappa shape index (κ1) is 11.3. The average Bonchev–Trinajstić information content (AvgIpc) is 2.88. The van der Waals surface area contributed by atoms with Gasteiger partial charge in [-0.1, -0.05) is 5.16 Å². The molecule has 0 amide bonds. The smallest absolute Gasteiger partial charge is 0.358 e. The van der Waals surface area contributed by atoms with E-state index in [2.05, 4.69) is 15.6 Å². The van der Waals surface area contributed by atoms with Gasteiger partial charge in [-0.3, -0.25) is 4.68 Å². The molecule has 7 nitrogen and oxygen atoms in total. The van der Waals surface area contributed by atoms with Crippen molar-refractivity contribution in [2.24, 2.45) is 7.05 Å². The summed E-state index contributed by atoms with van der Waals surface area (Å²) in [6, 6.07) is 1.40. The molecule has 0 atom stereocenters. The summed E-state index contributed by atoms with van der Waals surface area (Å²) in [5.41, 5.74) is 0.966. The number of hydrogen-bond donors (Lipinski definition) is 2. The molecule has 0 aliphatic heterocycles. The quantitative estimate of drug-likeness (QED) is 0.780. The predicted octanol–water partition coefficient (Wildman–Crippen LogP) is 0.396. The molecule has 0 saturated carbocycles. The number of carboxylic acids is 1. The van der Waals surface area contributed by atoms with Crippen molar-refractivity contribution in [3.63, 3.8) is 0 Å². The third-order valence-corrected chi connectivity index (χ3v) is 2.16. The molecule has 0 fully saturated rings. The summed E-state index contributed by atoms with van der Waals surface area (Å²) in [4.78, 5) is 10.6. The van der Waals surface area contributed by atoms with Crippen LogP contribution in [-0.4, -0.2) is 26.0 Å². The fraction of sp³-hybridized carbons (Fsp3) is 0.300. The molecule has 0 saturated heterocycles. The number of nitrogens with zero attached hydrogens (tertiary/aromatic N) is 3. The van der Waals surface area contributed by atoms with E-state index in [4.69, 9.17) is 9.63 Å². The average molecular weight is 236 g/mol. The van der Waals surface area contributed by atoms with Crippen molar-refractivity contribution in [3.05, 3.63) is 35.5 Å². The molecule has 2 heterocycles. The molecule has 0 aromatic carbocycles. The van der Waals surface area contributed by atoms with Gasteiger partial charge in [0.15, 0.2) is 11.5 Å². The van der Waals surface area contributed by atoms with Gasteiger partial charge in [-0.25, -0.2) is 4.79 Å². The highest BCUT2D eigenvalue weighted by atomic mass is 16.5. The van der Waals surface area contributed by atoms with Crippen LogP contribution in [0.5, 0.6) is 0 Å². The standard InChI is InChI=1S/C10H12N4O3/c1-14-6-7(4-12-14)3-11-5-8-2-9(10(15)16)13-17-8/h2,4,6,11H,3,5H2,1H3,(H,15,16). The van der Waals surface area contributed by atoms with Crippen LogP contribution in [0.3, 0.4) is 0 Å². The van der Waals surface area contributed by atoms with Gasteiger partial charge >= 0.3 is 5.97 Å². The van der Waals surface area contributed by atoms with Crippen LogP contribution in [-0.2, 0) is 20.1 Å². The van der Waals surface area contributed by atoms with Gasteiger partial charge in [0.05, 0.1) is 12.7 Å². The zero-order valence-corrected chi connectivity index (χ0v) is 9.25. The molecule has 0 aliphatic rings. The van der Waals surface area contributed by atoms with E-state index in [1.54, 1.807) is 10.9 Å². The second-order valence-electron chi connectivity index (χ2n) is 3.61. The third kappa shape index (κ3) is 2.91. The monoisotopic (exact) mass is 236 g/mol. The van der Waals surface area contributed by atoms with E-state index in [1.807, 2.05) is 13.2 Å². The number of aromatic nitrogens is 3. The summed E-state index contributed by atoms with van der Waals surface area (Å²) >= 11 is 0. The fourth-order valence-electron chi connectivity index (χ4n) is 1.39. The molecule has 0 unspecified atom stereocenters. The van der Waals surface area contributed by atoms with Crippen LogP contribution in [0, 0.1) is 0 Å². The van der Waals surface area contributed by atoms with E-state index in [9.17, 15) is 4.79 Å². The molecule has 0 aliphatic carbocycles. The summed E-state index contributed by atoms with van der Waals surface area (Å²) in [6.07, 6.45) is 3.66. The van der Waals surface area contributed by atoms with E-state index in [1.165, 1.54) is 6.07 Å². The highest BCUT2D eigenvalue weighted by Gasteiger charge is 2.09. The Labute approximate surface area is 97.0 Å². The highest BCUT2D eigenvalue weighted by Crippen LogP contribution is 2.03. The fourth-order valence-corrected chi connectivity index (χ4v) is 1.39. The van der Waals surface area contributed by atoms with Gasteiger partial charge in [0, 0.05) is 31.4 Å². The Bertz CT molecular complexity index is 517. The number of rotatable bonds is 5. The second-order valence-corrected chi connectivity index (χ2v) is 3.61. The van der Waals surface area contributed by atoms with E-state index >= 15 is 0 Å². The predicted molar refractivity (Wildman–Crippen MR) is 57.2 cm³/mol. The number of aromatic carboxylic acids is 1. The maximum Gasteiger partial charge on any atom is 0.358 e. The minimum atomic E-state index is -1.09. The van der Waals surface area contributed by atoms with Gasteiger partial charge in [0.1, 0.15) is 0 Å². The summed E-state index contributed by atoms with van der Waals surface area (Å²) in [5, 5.41) is 19.2. The van der Waals surface area contributed by atoms with Gasteiger partial charge in [0.25, 0.3) is 0 Å². The summed E-state index contributed by atoms with van der Waals surface area (Å²) in [5.74, 6) is -0.599. The molecule has 2 aromatic rings. The number of hydrogen-bond acceptors (Lipinski definition) is 5. The minimum Gasteiger partial charge on any atom is -0.476 e. The Balaban J connectivity index is 1.83. The normalized spacial score (nSPS) is 10.6. The molecule has 17 heavy (non-hydrogen) atoms. The Morgan fingerprint density at radius 1 is 1.59 bits per heavy atom. The van der Waals surface area contributed by atoms with Gasteiger partial charge in [-0.2, -0.15) is 5.10 Å². The molecule has 0 spiro atoms. The van der Waals surface area contributed by atoms with Crippen molar-refractivity contribution in [2.45, 2.75) is 13.1 Å². The van der Waals surface area contributed by atoms with Crippen LogP contribution < -0.4 is 5.32 Å². The second kappa shape index (κ2) is 4.79. The number of carboxylic acid groups (broad SMARTS) is 1. The van der Waals surface area contributed by atoms with Gasteiger partial charge in [-0.15, -0.1) is 0 Å². The lowest BCUT2D eigenvalue weighted by atomic mass is 10.3. The molecule has 7 heteroatoms. The first-order valence-corrected chi connectivity index (χ1v) is 5.02. The lowest BCUT2D eigenvalue weighted by Crippen LogP contribution is -2.11. The Morgan fingerprint density at radius 2 is 2.41 bits per heavy atom. The van der Waals surface area contributed by atoms with Crippen LogP contribution in [0.1, 0.15) is 21.8 Å². The molecule has 2 rings (SSSR count). The minimum absolute atomic E-state index is 0.0804. The summed E-state index contributed by atoms with van der Waals surface area (Å²) in [6.45, 7) is 1.06. The molecular weight excluding hydrogens is 224 g/mol. The van der Waals surface area contributed by atoms with E-state index in [0.717, 1.165) is 5.56 Å². The first-order chi connectivity index (χ1) is 8.15. The molecule has 2 aromatic heterocycles. The van der Waals surface area contributed by atoms with E-state index in [0.29, 0.717) is 18.8 Å². The van der Waals surface area contributed by atoms with Crippen molar-refractivity contribution in [1.29, 1.82) is 0 Å². The topological polar surface area (TPSA) is 93.2 Å². The van der Waals surface area contributed by atoms with Crippen LogP contribution in [0.25, 0.3) is 0 Å². The van der Waals surface area contributed by atoms with Crippen molar-refractivity contribution in [2.75, 3.05) is 0 Å². The summed E-state index contributed by atoms with van der Waals surface area (Å²) < 4.78 is 6.57. The first-order valence-electron chi connectivity index (χ1n) is 5.02. The van der Waals surface area contributed by atoms with Crippen molar-refractivity contribution >= 4 is 5.97 Å². The highest BCUT2D eigenvalue weighted by molar-refractivity contribution is 5.85. The van der Waals surface area contributed by atoms with Crippen LogP contribution in [0.4, 0.5) is 0 Å². The van der Waals surface area contributed by atoms with Crippen LogP contribution >= 0.6 is 0 Å². The Hall–Kier alpha value is -2.15. The van der Waals surface area contributed by atoms with Crippen molar-refractivity contribution < 1.29 is 14.4 Å². The lowest BCUT2D eigenvalue weighted by Gasteiger charge is -1.98. The Kier molecular flexibility index (Phi) is 3.20. The molecular formula is C10H12N4O3. The SMILES string of the molecule is Cn1cc(CNCc2cc(C(=O)O)no2)cn1. The maximum atomic E-state index is 10.6. The van der Waals surface area contributed by atoms with E-state index < -0.39 is 5.97 Å². The lowest BCUT2D eigenvalue weighted by molar-refractivity contribution is 0.0685. The Morgan fingerprint density at radius 3 is 3.00 bits per heavy atom. The number of nitrogens with one attached hydrogen (secondary N) is 1. The molecule has 90 valence electrons. The van der Waals surface area contributed by atoms with Crippen LogP contribution in [0.2, 0.25) is 0 Å². The number of carbonyl (C=O) groups is 1.